The van der Waals surface area contributed by atoms with E-state index in [1.807, 2.05) is 79.3 Å². The fraction of sp³-hybridized carbons (Fsp3) is 0.222. The molecular weight excluding hydrogens is 462 g/mol. The van der Waals surface area contributed by atoms with Crippen molar-refractivity contribution in [1.29, 1.82) is 5.26 Å². The first-order chi connectivity index (χ1) is 16.8. The minimum Gasteiger partial charge on any atom is -0.497 e. The Morgan fingerprint density at radius 2 is 1.83 bits per heavy atom. The summed E-state index contributed by atoms with van der Waals surface area (Å²) in [4.78, 5) is 26.2. The van der Waals surface area contributed by atoms with E-state index in [9.17, 15) is 14.9 Å². The van der Waals surface area contributed by atoms with E-state index in [0.717, 1.165) is 27.7 Å². The number of methoxy groups -OCH3 is 1. The van der Waals surface area contributed by atoms with Gasteiger partial charge < -0.3 is 19.4 Å². The first-order valence-corrected chi connectivity index (χ1v) is 12.1. The lowest BCUT2D eigenvalue weighted by Gasteiger charge is -2.14. The molecule has 3 aromatic rings. The number of hydrogen-bond donors (Lipinski definition) is 1. The van der Waals surface area contributed by atoms with Crippen molar-refractivity contribution in [1.82, 2.24) is 4.57 Å². The average molecular weight is 490 g/mol. The third-order valence-corrected chi connectivity index (χ3v) is 6.25. The van der Waals surface area contributed by atoms with Gasteiger partial charge in [-0.3, -0.25) is 4.79 Å². The molecule has 0 radical (unpaired) electrons. The van der Waals surface area contributed by atoms with Gasteiger partial charge >= 0.3 is 5.97 Å². The van der Waals surface area contributed by atoms with Gasteiger partial charge in [0.15, 0.2) is 6.10 Å². The van der Waals surface area contributed by atoms with Crippen molar-refractivity contribution in [3.8, 4) is 17.5 Å². The SMILES string of the molecule is COc1ccc(-n2c(C)cc(/C=C(\C#N)C(=O)OC(C)C(=O)Nc3ccccc3SC)c2C)cc1. The third-order valence-electron chi connectivity index (χ3n) is 5.46. The fourth-order valence-electron chi connectivity index (χ4n) is 3.61. The van der Waals surface area contributed by atoms with Crippen LogP contribution in [0.5, 0.6) is 5.75 Å². The van der Waals surface area contributed by atoms with Gasteiger partial charge in [0.05, 0.1) is 12.8 Å². The van der Waals surface area contributed by atoms with Gasteiger partial charge in [-0.25, -0.2) is 4.79 Å². The van der Waals surface area contributed by atoms with Crippen LogP contribution in [0.4, 0.5) is 5.69 Å². The molecule has 1 N–H and O–H groups in total. The molecule has 0 spiro atoms. The predicted octanol–water partition coefficient (Wildman–Crippen LogP) is 5.30. The number of nitriles is 1. The molecular formula is C27H27N3O4S. The first-order valence-electron chi connectivity index (χ1n) is 10.9. The van der Waals surface area contributed by atoms with E-state index >= 15 is 0 Å². The van der Waals surface area contributed by atoms with Gasteiger partial charge in [-0.15, -0.1) is 11.8 Å². The van der Waals surface area contributed by atoms with E-state index in [2.05, 4.69) is 5.32 Å². The monoisotopic (exact) mass is 489 g/mol. The maximum atomic E-state index is 12.7. The molecule has 35 heavy (non-hydrogen) atoms. The number of para-hydroxylation sites is 1. The Hall–Kier alpha value is -3.96. The van der Waals surface area contributed by atoms with E-state index in [1.165, 1.54) is 24.8 Å². The summed E-state index contributed by atoms with van der Waals surface area (Å²) in [5, 5.41) is 12.4. The number of nitrogens with one attached hydrogen (secondary N) is 1. The Morgan fingerprint density at radius 1 is 1.14 bits per heavy atom. The van der Waals surface area contributed by atoms with Crippen molar-refractivity contribution in [2.24, 2.45) is 0 Å². The van der Waals surface area contributed by atoms with Crippen LogP contribution in [0.15, 0.2) is 65.1 Å². The van der Waals surface area contributed by atoms with Crippen molar-refractivity contribution < 1.29 is 19.1 Å². The number of rotatable bonds is 8. The number of thioether (sulfide) groups is 1. The van der Waals surface area contributed by atoms with Crippen LogP contribution in [0.2, 0.25) is 0 Å². The number of aromatic nitrogens is 1. The maximum Gasteiger partial charge on any atom is 0.349 e. The maximum absolute atomic E-state index is 12.7. The number of benzene rings is 2. The van der Waals surface area contributed by atoms with Crippen LogP contribution < -0.4 is 10.1 Å². The second kappa shape index (κ2) is 11.4. The number of amides is 1. The van der Waals surface area contributed by atoms with Crippen molar-refractivity contribution in [3.05, 3.63) is 77.1 Å². The van der Waals surface area contributed by atoms with Gasteiger partial charge in [-0.1, -0.05) is 12.1 Å². The summed E-state index contributed by atoms with van der Waals surface area (Å²) in [5.41, 5.74) is 3.87. The van der Waals surface area contributed by atoms with Crippen molar-refractivity contribution in [2.75, 3.05) is 18.7 Å². The summed E-state index contributed by atoms with van der Waals surface area (Å²) in [5.74, 6) is -0.585. The molecule has 7 nitrogen and oxygen atoms in total. The Kier molecular flexibility index (Phi) is 8.39. The molecule has 0 aliphatic heterocycles. The number of ether oxygens (including phenoxy) is 2. The van der Waals surface area contributed by atoms with E-state index in [4.69, 9.17) is 9.47 Å². The quantitative estimate of drug-likeness (QED) is 0.200. The molecule has 1 aromatic heterocycles. The van der Waals surface area contributed by atoms with E-state index < -0.39 is 18.0 Å². The lowest BCUT2D eigenvalue weighted by Crippen LogP contribution is -2.30. The molecule has 0 saturated carbocycles. The van der Waals surface area contributed by atoms with Crippen molar-refractivity contribution in [2.45, 2.75) is 31.8 Å². The largest absolute Gasteiger partial charge is 0.497 e. The molecule has 1 unspecified atom stereocenters. The second-order valence-electron chi connectivity index (χ2n) is 7.77. The Labute approximate surface area is 209 Å². The van der Waals surface area contributed by atoms with Crippen LogP contribution in [0.25, 0.3) is 11.8 Å². The number of nitrogens with zero attached hydrogens (tertiary/aromatic N) is 2. The molecule has 180 valence electrons. The summed E-state index contributed by atoms with van der Waals surface area (Å²) < 4.78 is 12.5. The minimum absolute atomic E-state index is 0.191. The molecule has 8 heteroatoms. The average Bonchev–Trinajstić information content (AvgIpc) is 3.14. The fourth-order valence-corrected chi connectivity index (χ4v) is 4.17. The van der Waals surface area contributed by atoms with Crippen LogP contribution in [-0.2, 0) is 14.3 Å². The molecule has 2 aromatic carbocycles. The van der Waals surface area contributed by atoms with Crippen LogP contribution >= 0.6 is 11.8 Å². The highest BCUT2D eigenvalue weighted by Gasteiger charge is 2.22. The van der Waals surface area contributed by atoms with Crippen molar-refractivity contribution in [3.63, 3.8) is 0 Å². The predicted molar refractivity (Wildman–Crippen MR) is 138 cm³/mol. The van der Waals surface area contributed by atoms with Crippen LogP contribution in [0.3, 0.4) is 0 Å². The second-order valence-corrected chi connectivity index (χ2v) is 8.61. The van der Waals surface area contributed by atoms with E-state index in [0.29, 0.717) is 11.3 Å². The molecule has 1 atom stereocenters. The highest BCUT2D eigenvalue weighted by molar-refractivity contribution is 7.98. The molecule has 0 saturated heterocycles. The van der Waals surface area contributed by atoms with E-state index in [-0.39, 0.29) is 5.57 Å². The van der Waals surface area contributed by atoms with Crippen LogP contribution in [0.1, 0.15) is 23.9 Å². The van der Waals surface area contributed by atoms with Gasteiger partial charge in [0, 0.05) is 22.0 Å². The standard InChI is InChI=1S/C27H27N3O4S/c1-17-14-20(18(2)30(17)22-10-12-23(33-4)13-11-22)15-21(16-28)27(32)34-19(3)26(31)29-24-8-6-7-9-25(24)35-5/h6-15,19H,1-5H3,(H,29,31)/b21-15+. The Balaban J connectivity index is 1.77. The zero-order valence-electron chi connectivity index (χ0n) is 20.3. The molecule has 0 aliphatic carbocycles. The number of esters is 1. The number of hydrogen-bond acceptors (Lipinski definition) is 6. The summed E-state index contributed by atoms with van der Waals surface area (Å²) in [6.45, 7) is 5.32. The first kappa shape index (κ1) is 25.7. The molecule has 0 aliphatic rings. The van der Waals surface area contributed by atoms with Crippen molar-refractivity contribution >= 4 is 35.4 Å². The van der Waals surface area contributed by atoms with Crippen LogP contribution in [-0.4, -0.2) is 35.9 Å². The zero-order valence-corrected chi connectivity index (χ0v) is 21.1. The van der Waals surface area contributed by atoms with Gasteiger partial charge in [0.2, 0.25) is 0 Å². The molecule has 0 fully saturated rings. The third kappa shape index (κ3) is 5.94. The summed E-state index contributed by atoms with van der Waals surface area (Å²) in [7, 11) is 1.61. The number of aryl methyl sites for hydroxylation is 1. The van der Waals surface area contributed by atoms with Gasteiger partial charge in [0.25, 0.3) is 5.91 Å². The van der Waals surface area contributed by atoms with Gasteiger partial charge in [-0.2, -0.15) is 5.26 Å². The summed E-state index contributed by atoms with van der Waals surface area (Å²) in [6.07, 6.45) is 2.31. The molecule has 0 bridgehead atoms. The highest BCUT2D eigenvalue weighted by atomic mass is 32.2. The van der Waals surface area contributed by atoms with Crippen LogP contribution in [0, 0.1) is 25.2 Å². The van der Waals surface area contributed by atoms with Gasteiger partial charge in [0.1, 0.15) is 17.4 Å². The number of carbonyl (C=O) groups is 2. The molecule has 1 amide bonds. The van der Waals surface area contributed by atoms with Gasteiger partial charge in [-0.05, 0) is 81.1 Å². The Bertz CT molecular complexity index is 1300. The molecule has 3 rings (SSSR count). The lowest BCUT2D eigenvalue weighted by molar-refractivity contribution is -0.148. The van der Waals surface area contributed by atoms with E-state index in [1.54, 1.807) is 13.2 Å². The smallest absolute Gasteiger partial charge is 0.349 e. The summed E-state index contributed by atoms with van der Waals surface area (Å²) >= 11 is 1.49. The highest BCUT2D eigenvalue weighted by Crippen LogP contribution is 2.26. The number of anilines is 1. The minimum atomic E-state index is -1.08. The molecule has 1 heterocycles. The Morgan fingerprint density at radius 3 is 2.46 bits per heavy atom. The normalized spacial score (nSPS) is 11.9. The zero-order chi connectivity index (χ0) is 25.5. The lowest BCUT2D eigenvalue weighted by atomic mass is 10.1. The summed E-state index contributed by atoms with van der Waals surface area (Å²) in [6, 6.07) is 18.7. The number of carbonyl (C=O) groups excluding carboxylic acids is 2. The topological polar surface area (TPSA) is 93.3 Å².